The quantitative estimate of drug-likeness (QED) is 0.127. The smallest absolute Gasteiger partial charge is 0.252 e. The van der Waals surface area contributed by atoms with Gasteiger partial charge in [0.2, 0.25) is 0 Å². The summed E-state index contributed by atoms with van der Waals surface area (Å²) < 4.78 is 5.23. The van der Waals surface area contributed by atoms with Crippen LogP contribution in [0.2, 0.25) is 0 Å². The molecule has 2 aliphatic heterocycles. The van der Waals surface area contributed by atoms with Gasteiger partial charge in [-0.3, -0.25) is 0 Å². The van der Waals surface area contributed by atoms with Crippen molar-refractivity contribution in [1.82, 2.24) is 24.1 Å². The van der Waals surface area contributed by atoms with Crippen LogP contribution in [0.25, 0.3) is 144 Å². The number of rotatable bonds is 5. The zero-order chi connectivity index (χ0) is 55.6. The molecule has 0 aliphatic carbocycles. The SMILES string of the molecule is CC(C)(C)c1ccc2c(c1)c1cc(C(C)(C)C)cc3c1n2-c1cc(-c2nc(-c4ccccc4)nc(-c4ccccc4)n2)cc2c1B3c1cc(-c3ccccc3-c3ccccc3)cc3c4c5c6ccccc6c6ccccc6c5ccc4n-2c13. The van der Waals surface area contributed by atoms with E-state index in [9.17, 15) is 0 Å². The Balaban J connectivity index is 1.09. The molecule has 0 amide bonds. The van der Waals surface area contributed by atoms with Crippen LogP contribution in [0.5, 0.6) is 0 Å². The number of aromatic nitrogens is 5. The molecule has 0 atom stereocenters. The lowest BCUT2D eigenvalue weighted by atomic mass is 9.34. The molecule has 392 valence electrons. The standard InChI is InChI=1S/C77H56BN5/c1-76(2,3)50-34-36-64-59(42-50)60-43-51(77(4,5)6)44-63-71(60)82(64)66-40-49(75-80-73(46-24-12-8-13-25-46)79-74(81-75)47-26-14-9-15-27-47)41-67-70(66)78(63)62-39-48(53-29-17-16-28-52(53)45-22-10-7-11-23-45)38-61-69-65(83(67)72(61)62)37-35-58-56-32-19-18-30-54(56)55-31-20-21-33-57(55)68(58)69/h7-44H,1-6H3. The highest BCUT2D eigenvalue weighted by Crippen LogP contribution is 2.48. The molecule has 0 radical (unpaired) electrons. The molecule has 83 heavy (non-hydrogen) atoms. The number of benzene rings is 12. The summed E-state index contributed by atoms with van der Waals surface area (Å²) in [7, 11) is 0. The lowest BCUT2D eigenvalue weighted by Crippen LogP contribution is -2.59. The van der Waals surface area contributed by atoms with Crippen LogP contribution in [0, 0.1) is 0 Å². The Labute approximate surface area is 482 Å². The molecule has 5 nitrogen and oxygen atoms in total. The predicted octanol–water partition coefficient (Wildman–Crippen LogP) is 17.6. The molecule has 3 aromatic heterocycles. The van der Waals surface area contributed by atoms with E-state index in [1.165, 1.54) is 120 Å². The maximum Gasteiger partial charge on any atom is 0.252 e. The summed E-state index contributed by atoms with van der Waals surface area (Å²) in [5.41, 5.74) is 21.1. The van der Waals surface area contributed by atoms with E-state index in [-0.39, 0.29) is 17.5 Å². The van der Waals surface area contributed by atoms with Crippen molar-refractivity contribution in [2.24, 2.45) is 0 Å². The van der Waals surface area contributed by atoms with E-state index in [1.807, 2.05) is 12.1 Å². The highest BCUT2D eigenvalue weighted by atomic mass is 15.1. The molecular formula is C77H56BN5. The van der Waals surface area contributed by atoms with Gasteiger partial charge in [0, 0.05) is 66.0 Å². The molecule has 17 rings (SSSR count). The van der Waals surface area contributed by atoms with Gasteiger partial charge >= 0.3 is 0 Å². The molecule has 0 fully saturated rings. The van der Waals surface area contributed by atoms with Gasteiger partial charge in [0.15, 0.2) is 17.5 Å². The molecule has 0 bridgehead atoms. The third-order valence-electron chi connectivity index (χ3n) is 18.2. The number of nitrogens with zero attached hydrogens (tertiary/aromatic N) is 5. The Kier molecular flexibility index (Phi) is 9.98. The third-order valence-corrected chi connectivity index (χ3v) is 18.2. The van der Waals surface area contributed by atoms with Crippen molar-refractivity contribution in [2.45, 2.75) is 52.4 Å². The van der Waals surface area contributed by atoms with Gasteiger partial charge in [0.05, 0.1) is 11.0 Å². The Morgan fingerprint density at radius 3 is 1.37 bits per heavy atom. The van der Waals surface area contributed by atoms with Gasteiger partial charge < -0.3 is 9.13 Å². The van der Waals surface area contributed by atoms with E-state index in [2.05, 4.69) is 269 Å². The van der Waals surface area contributed by atoms with Gasteiger partial charge in [-0.05, 0) is 130 Å². The topological polar surface area (TPSA) is 48.5 Å². The summed E-state index contributed by atoms with van der Waals surface area (Å²) in [5, 5.41) is 12.6. The zero-order valence-electron chi connectivity index (χ0n) is 47.3. The van der Waals surface area contributed by atoms with Crippen LogP contribution in [0.4, 0.5) is 0 Å². The van der Waals surface area contributed by atoms with Crippen LogP contribution in [0.1, 0.15) is 52.7 Å². The van der Waals surface area contributed by atoms with E-state index in [4.69, 9.17) is 15.0 Å². The molecular weight excluding hydrogens is 1010 g/mol. The number of fused-ring (bicyclic) bond motifs is 17. The van der Waals surface area contributed by atoms with Gasteiger partial charge in [-0.15, -0.1) is 0 Å². The molecule has 0 saturated carbocycles. The monoisotopic (exact) mass is 1060 g/mol. The first-order valence-corrected chi connectivity index (χ1v) is 29.1. The van der Waals surface area contributed by atoms with E-state index in [0.29, 0.717) is 17.5 Å². The van der Waals surface area contributed by atoms with Gasteiger partial charge in [-0.1, -0.05) is 230 Å². The van der Waals surface area contributed by atoms with Gasteiger partial charge in [0.1, 0.15) is 0 Å². The molecule has 0 saturated heterocycles. The highest BCUT2D eigenvalue weighted by Gasteiger charge is 2.43. The van der Waals surface area contributed by atoms with Crippen LogP contribution < -0.4 is 16.4 Å². The predicted molar refractivity (Wildman–Crippen MR) is 350 cm³/mol. The Morgan fingerprint density at radius 2 is 0.771 bits per heavy atom. The fraction of sp³-hybridized carbons (Fsp3) is 0.104. The maximum absolute atomic E-state index is 5.47. The van der Waals surface area contributed by atoms with Crippen molar-refractivity contribution in [1.29, 1.82) is 0 Å². The second-order valence-electron chi connectivity index (χ2n) is 25.1. The lowest BCUT2D eigenvalue weighted by molar-refractivity contribution is 0.590. The largest absolute Gasteiger partial charge is 0.310 e. The Hall–Kier alpha value is -9.91. The van der Waals surface area contributed by atoms with Crippen LogP contribution in [-0.4, -0.2) is 30.8 Å². The van der Waals surface area contributed by atoms with Crippen LogP contribution >= 0.6 is 0 Å². The van der Waals surface area contributed by atoms with Crippen molar-refractivity contribution in [2.75, 3.05) is 0 Å². The number of hydrogen-bond donors (Lipinski definition) is 0. The molecule has 5 heterocycles. The minimum atomic E-state index is -0.150. The fourth-order valence-corrected chi connectivity index (χ4v) is 14.3. The summed E-state index contributed by atoms with van der Waals surface area (Å²) in [6, 6.07) is 85.7. The molecule has 0 spiro atoms. The second-order valence-corrected chi connectivity index (χ2v) is 25.1. The summed E-state index contributed by atoms with van der Waals surface area (Å²) in [4.78, 5) is 16.1. The molecule has 15 aromatic rings. The first kappa shape index (κ1) is 47.9. The maximum atomic E-state index is 5.47. The van der Waals surface area contributed by atoms with E-state index < -0.39 is 0 Å². The van der Waals surface area contributed by atoms with Gasteiger partial charge in [0.25, 0.3) is 6.71 Å². The summed E-state index contributed by atoms with van der Waals surface area (Å²) in [5.74, 6) is 1.89. The highest BCUT2D eigenvalue weighted by molar-refractivity contribution is 7.00. The number of hydrogen-bond acceptors (Lipinski definition) is 3. The van der Waals surface area contributed by atoms with Crippen LogP contribution in [0.15, 0.2) is 231 Å². The van der Waals surface area contributed by atoms with Crippen molar-refractivity contribution in [3.63, 3.8) is 0 Å². The average molecular weight is 1060 g/mol. The summed E-state index contributed by atoms with van der Waals surface area (Å²) >= 11 is 0. The van der Waals surface area contributed by atoms with E-state index in [0.717, 1.165) is 33.6 Å². The van der Waals surface area contributed by atoms with Gasteiger partial charge in [-0.25, -0.2) is 15.0 Å². The second kappa shape index (κ2) is 17.3. The van der Waals surface area contributed by atoms with E-state index in [1.54, 1.807) is 0 Å². The summed E-state index contributed by atoms with van der Waals surface area (Å²) in [6.45, 7) is 13.9. The van der Waals surface area contributed by atoms with Crippen LogP contribution in [0.3, 0.4) is 0 Å². The first-order valence-electron chi connectivity index (χ1n) is 29.1. The zero-order valence-corrected chi connectivity index (χ0v) is 47.3. The summed E-state index contributed by atoms with van der Waals surface area (Å²) in [6.07, 6.45) is 0. The molecule has 12 aromatic carbocycles. The first-order chi connectivity index (χ1) is 40.4. The lowest BCUT2D eigenvalue weighted by Gasteiger charge is -2.35. The van der Waals surface area contributed by atoms with Crippen LogP contribution in [-0.2, 0) is 10.8 Å². The van der Waals surface area contributed by atoms with Gasteiger partial charge in [-0.2, -0.15) is 0 Å². The molecule has 0 unspecified atom stereocenters. The Morgan fingerprint density at radius 1 is 0.313 bits per heavy atom. The van der Waals surface area contributed by atoms with Crippen molar-refractivity contribution < 1.29 is 0 Å². The molecule has 6 heteroatoms. The normalized spacial score (nSPS) is 12.9. The minimum Gasteiger partial charge on any atom is -0.310 e. The molecule has 0 N–H and O–H groups in total. The third kappa shape index (κ3) is 6.99. The Bertz CT molecular complexity index is 5180. The fourth-order valence-electron chi connectivity index (χ4n) is 14.3. The minimum absolute atomic E-state index is 0.0585. The average Bonchev–Trinajstić information content (AvgIpc) is 1.94. The van der Waals surface area contributed by atoms with Crippen molar-refractivity contribution in [3.05, 3.63) is 242 Å². The van der Waals surface area contributed by atoms with Crippen molar-refractivity contribution >= 4 is 99.0 Å². The van der Waals surface area contributed by atoms with Crippen molar-refractivity contribution in [3.8, 4) is 67.8 Å². The van der Waals surface area contributed by atoms with E-state index >= 15 is 0 Å². The molecule has 2 aliphatic rings.